The average Bonchev–Trinajstić information content (AvgIpc) is 2.66. The number of nitrogens with zero attached hydrogens (tertiary/aromatic N) is 2. The van der Waals surface area contributed by atoms with Gasteiger partial charge < -0.3 is 5.73 Å². The number of aromatic nitrogens is 2. The van der Waals surface area contributed by atoms with Crippen LogP contribution in [0.2, 0.25) is 10.0 Å². The second-order valence-corrected chi connectivity index (χ2v) is 8.62. The lowest BCUT2D eigenvalue weighted by Gasteiger charge is -2.14. The minimum absolute atomic E-state index is 0.0180. The largest absolute Gasteiger partial charge is 0.417 e. The Morgan fingerprint density at radius 2 is 1.77 bits per heavy atom. The van der Waals surface area contributed by atoms with Crippen LogP contribution >= 0.6 is 23.2 Å². The third kappa shape index (κ3) is 5.06. The summed E-state index contributed by atoms with van der Waals surface area (Å²) in [5.41, 5.74) is 3.61. The number of hydrogen-bond donors (Lipinski definition) is 2. The minimum atomic E-state index is -4.87. The van der Waals surface area contributed by atoms with Crippen LogP contribution in [0.5, 0.6) is 0 Å². The molecule has 0 aliphatic rings. The fourth-order valence-corrected chi connectivity index (χ4v) is 3.98. The predicted octanol–water partition coefficient (Wildman–Crippen LogP) is 4.42. The number of benzene rings is 1. The molecule has 0 fully saturated rings. The summed E-state index contributed by atoms with van der Waals surface area (Å²) >= 11 is 11.4. The number of sulfonamides is 1. The molecule has 3 rings (SSSR count). The molecule has 0 saturated carbocycles. The number of nitrogens with one attached hydrogen (secondary N) is 1. The summed E-state index contributed by atoms with van der Waals surface area (Å²) in [5.74, 6) is -0.668. The Labute approximate surface area is 184 Å². The number of alkyl halides is 3. The van der Waals surface area contributed by atoms with Crippen molar-refractivity contribution in [3.63, 3.8) is 0 Å². The van der Waals surface area contributed by atoms with Crippen molar-refractivity contribution >= 4 is 50.5 Å². The molecular weight excluding hydrogens is 480 g/mol. The van der Waals surface area contributed by atoms with E-state index in [0.29, 0.717) is 6.07 Å². The highest BCUT2D eigenvalue weighted by Crippen LogP contribution is 2.36. The molecule has 13 heteroatoms. The molecule has 1 aromatic carbocycles. The summed E-state index contributed by atoms with van der Waals surface area (Å²) in [4.78, 5) is 19.7. The van der Waals surface area contributed by atoms with Gasteiger partial charge >= 0.3 is 6.18 Å². The topological polar surface area (TPSA) is 115 Å². The van der Waals surface area contributed by atoms with Gasteiger partial charge in [-0.3, -0.25) is 9.52 Å². The minimum Gasteiger partial charge on any atom is -0.384 e. The van der Waals surface area contributed by atoms with E-state index in [1.807, 2.05) is 0 Å². The molecule has 0 bridgehead atoms. The van der Waals surface area contributed by atoms with Gasteiger partial charge in [0.05, 0.1) is 26.2 Å². The first-order valence-corrected chi connectivity index (χ1v) is 10.4. The van der Waals surface area contributed by atoms with E-state index in [9.17, 15) is 26.4 Å². The molecular formula is C18H11Cl2F3N4O3S. The van der Waals surface area contributed by atoms with E-state index in [1.54, 1.807) is 0 Å². The maximum Gasteiger partial charge on any atom is 0.417 e. The molecule has 0 aliphatic carbocycles. The number of nitrogens with two attached hydrogens (primary N) is 1. The van der Waals surface area contributed by atoms with Gasteiger partial charge in [-0.15, -0.1) is 0 Å². The lowest BCUT2D eigenvalue weighted by Crippen LogP contribution is -2.18. The zero-order valence-electron chi connectivity index (χ0n) is 15.1. The van der Waals surface area contributed by atoms with Gasteiger partial charge in [0.25, 0.3) is 10.0 Å². The van der Waals surface area contributed by atoms with Gasteiger partial charge in [-0.25, -0.2) is 18.4 Å². The van der Waals surface area contributed by atoms with E-state index in [-0.39, 0.29) is 27.8 Å². The van der Waals surface area contributed by atoms with Crippen LogP contribution in [-0.2, 0) is 16.2 Å². The summed E-state index contributed by atoms with van der Waals surface area (Å²) in [6.07, 6.45) is -2.49. The number of anilines is 2. The van der Waals surface area contributed by atoms with Gasteiger partial charge in [0, 0.05) is 18.0 Å². The average molecular weight is 491 g/mol. The lowest BCUT2D eigenvalue weighted by atomic mass is 10.1. The third-order valence-corrected chi connectivity index (χ3v) is 5.81. The fourth-order valence-electron chi connectivity index (χ4n) is 2.52. The number of hydrogen-bond acceptors (Lipinski definition) is 6. The van der Waals surface area contributed by atoms with Gasteiger partial charge in [0.2, 0.25) is 5.78 Å². The Balaban J connectivity index is 2.05. The van der Waals surface area contributed by atoms with Gasteiger partial charge in [-0.1, -0.05) is 23.2 Å². The summed E-state index contributed by atoms with van der Waals surface area (Å²) < 4.78 is 66.8. The number of carbonyl (C=O) groups is 1. The Bertz CT molecular complexity index is 1280. The van der Waals surface area contributed by atoms with Crippen LogP contribution in [0.4, 0.5) is 24.7 Å². The van der Waals surface area contributed by atoms with E-state index in [4.69, 9.17) is 28.9 Å². The zero-order valence-corrected chi connectivity index (χ0v) is 17.4. The maximum absolute atomic E-state index is 13.1. The molecule has 3 N–H and O–H groups in total. The smallest absolute Gasteiger partial charge is 0.384 e. The van der Waals surface area contributed by atoms with Crippen molar-refractivity contribution in [2.45, 2.75) is 11.1 Å². The van der Waals surface area contributed by atoms with Crippen LogP contribution in [-0.4, -0.2) is 24.2 Å². The lowest BCUT2D eigenvalue weighted by molar-refractivity contribution is -0.137. The van der Waals surface area contributed by atoms with E-state index >= 15 is 0 Å². The summed E-state index contributed by atoms with van der Waals surface area (Å²) in [6.45, 7) is 0. The van der Waals surface area contributed by atoms with Gasteiger partial charge in [-0.05, 0) is 36.4 Å². The SMILES string of the molecule is Nc1cc(C(=O)c2ncc(Cl)cc2NS(=O)(=O)c2ccc(Cl)c(C(F)(F)F)c2)ccn1. The molecule has 2 aromatic heterocycles. The Hall–Kier alpha value is -2.89. The van der Waals surface area contributed by atoms with Crippen LogP contribution in [0.3, 0.4) is 0 Å². The highest BCUT2D eigenvalue weighted by molar-refractivity contribution is 7.92. The summed E-state index contributed by atoms with van der Waals surface area (Å²) in [6, 6.07) is 5.77. The van der Waals surface area contributed by atoms with Crippen molar-refractivity contribution in [2.75, 3.05) is 10.5 Å². The van der Waals surface area contributed by atoms with Crippen molar-refractivity contribution in [1.82, 2.24) is 9.97 Å². The molecule has 0 saturated heterocycles. The molecule has 0 radical (unpaired) electrons. The fraction of sp³-hybridized carbons (Fsp3) is 0.0556. The normalized spacial score (nSPS) is 11.9. The Morgan fingerprint density at radius 3 is 2.42 bits per heavy atom. The van der Waals surface area contributed by atoms with Gasteiger partial charge in [0.15, 0.2) is 0 Å². The van der Waals surface area contributed by atoms with Gasteiger partial charge in [-0.2, -0.15) is 13.2 Å². The third-order valence-electron chi connectivity index (χ3n) is 3.91. The van der Waals surface area contributed by atoms with E-state index in [0.717, 1.165) is 24.4 Å². The van der Waals surface area contributed by atoms with Crippen molar-refractivity contribution in [2.24, 2.45) is 0 Å². The van der Waals surface area contributed by atoms with Crippen molar-refractivity contribution in [3.8, 4) is 0 Å². The van der Waals surface area contributed by atoms with Crippen LogP contribution in [0.25, 0.3) is 0 Å². The summed E-state index contributed by atoms with van der Waals surface area (Å²) in [7, 11) is -4.57. The van der Waals surface area contributed by atoms with Crippen LogP contribution in [0.15, 0.2) is 53.7 Å². The first-order valence-electron chi connectivity index (χ1n) is 8.20. The number of ketones is 1. The molecule has 0 amide bonds. The molecule has 2 heterocycles. The zero-order chi connectivity index (χ0) is 23.0. The maximum atomic E-state index is 13.1. The van der Waals surface area contributed by atoms with E-state index in [2.05, 4.69) is 14.7 Å². The Kier molecular flexibility index (Phi) is 6.12. The number of nitrogen functional groups attached to an aromatic ring is 1. The molecule has 162 valence electrons. The van der Waals surface area contributed by atoms with Crippen molar-refractivity contribution in [1.29, 1.82) is 0 Å². The Morgan fingerprint density at radius 1 is 1.06 bits per heavy atom. The van der Waals surface area contributed by atoms with Crippen LogP contribution in [0.1, 0.15) is 21.6 Å². The monoisotopic (exact) mass is 490 g/mol. The highest BCUT2D eigenvalue weighted by Gasteiger charge is 2.34. The number of halogens is 5. The molecule has 0 unspecified atom stereocenters. The van der Waals surface area contributed by atoms with Crippen molar-refractivity contribution < 1.29 is 26.4 Å². The number of rotatable bonds is 5. The van der Waals surface area contributed by atoms with E-state index in [1.165, 1.54) is 18.3 Å². The van der Waals surface area contributed by atoms with Crippen LogP contribution in [0, 0.1) is 0 Å². The van der Waals surface area contributed by atoms with Crippen molar-refractivity contribution in [3.05, 3.63) is 75.7 Å². The quantitative estimate of drug-likeness (QED) is 0.511. The summed E-state index contributed by atoms with van der Waals surface area (Å²) in [5, 5.41) is -0.683. The molecule has 31 heavy (non-hydrogen) atoms. The first kappa shape index (κ1) is 22.8. The first-order chi connectivity index (χ1) is 14.4. The molecule has 3 aromatic rings. The van der Waals surface area contributed by atoms with E-state index < -0.39 is 37.5 Å². The number of pyridine rings is 2. The second kappa shape index (κ2) is 8.33. The second-order valence-electron chi connectivity index (χ2n) is 6.09. The molecule has 0 aliphatic heterocycles. The molecule has 0 atom stereocenters. The molecule has 7 nitrogen and oxygen atoms in total. The van der Waals surface area contributed by atoms with Crippen LogP contribution < -0.4 is 10.5 Å². The highest BCUT2D eigenvalue weighted by atomic mass is 35.5. The standard InChI is InChI=1S/C18H11Cl2F3N4O3S/c19-10-6-14(16(26-8-10)17(28)9-3-4-25-15(24)5-9)27-31(29,30)11-1-2-13(20)12(7-11)18(21,22)23/h1-8,27H,(H2,24,25). The van der Waals surface area contributed by atoms with Gasteiger partial charge in [0.1, 0.15) is 11.5 Å². The predicted molar refractivity (Wildman–Crippen MR) is 109 cm³/mol. The number of carbonyl (C=O) groups excluding carboxylic acids is 1. The molecule has 0 spiro atoms.